The zero-order valence-electron chi connectivity index (χ0n) is 17.7. The number of carbonyl (C=O) groups excluding carboxylic acids is 2. The van der Waals surface area contributed by atoms with E-state index in [1.54, 1.807) is 18.2 Å². The van der Waals surface area contributed by atoms with E-state index in [4.69, 9.17) is 0 Å². The third-order valence-corrected chi connectivity index (χ3v) is 5.45. The van der Waals surface area contributed by atoms with Gasteiger partial charge in [-0.2, -0.15) is 0 Å². The summed E-state index contributed by atoms with van der Waals surface area (Å²) in [5.74, 6) is -1.36. The lowest BCUT2D eigenvalue weighted by molar-refractivity contribution is -0.137. The second-order valence-corrected chi connectivity index (χ2v) is 7.85. The molecule has 0 atom stereocenters. The fraction of sp³-hybridized carbons (Fsp3) is 0.154. The maximum absolute atomic E-state index is 14.2. The monoisotopic (exact) mass is 414 g/mol. The second kappa shape index (κ2) is 8.19. The third-order valence-electron chi connectivity index (χ3n) is 5.45. The maximum atomic E-state index is 14.2. The van der Waals surface area contributed by atoms with Crippen LogP contribution in [-0.2, 0) is 16.1 Å². The number of halogens is 1. The van der Waals surface area contributed by atoms with Gasteiger partial charge in [-0.1, -0.05) is 60.2 Å². The SMILES string of the molecule is Cc1ccc(C2=C(Nc3cc(C)ccc3C)C(=O)N(Cc3ccccc3F)C2=O)cc1. The molecule has 0 radical (unpaired) electrons. The fourth-order valence-corrected chi connectivity index (χ4v) is 3.63. The van der Waals surface area contributed by atoms with Crippen molar-refractivity contribution in [2.45, 2.75) is 27.3 Å². The number of rotatable bonds is 5. The average molecular weight is 414 g/mol. The Morgan fingerprint density at radius 1 is 0.839 bits per heavy atom. The number of amides is 2. The highest BCUT2D eigenvalue weighted by atomic mass is 19.1. The van der Waals surface area contributed by atoms with Gasteiger partial charge in [0.15, 0.2) is 0 Å². The molecule has 1 aliphatic heterocycles. The molecule has 0 fully saturated rings. The number of carbonyl (C=O) groups is 2. The molecule has 0 bridgehead atoms. The van der Waals surface area contributed by atoms with Gasteiger partial charge in [-0.3, -0.25) is 14.5 Å². The quantitative estimate of drug-likeness (QED) is 0.588. The van der Waals surface area contributed by atoms with Crippen LogP contribution >= 0.6 is 0 Å². The minimum atomic E-state index is -0.468. The zero-order valence-corrected chi connectivity index (χ0v) is 17.7. The molecule has 4 nitrogen and oxygen atoms in total. The number of hydrogen-bond donors (Lipinski definition) is 1. The van der Waals surface area contributed by atoms with Crippen molar-refractivity contribution in [3.05, 3.63) is 106 Å². The molecule has 0 aromatic heterocycles. The van der Waals surface area contributed by atoms with Gasteiger partial charge in [0.1, 0.15) is 11.5 Å². The largest absolute Gasteiger partial charge is 0.350 e. The molecule has 0 aliphatic carbocycles. The van der Waals surface area contributed by atoms with Gasteiger partial charge >= 0.3 is 0 Å². The Balaban J connectivity index is 1.78. The first-order chi connectivity index (χ1) is 14.8. The molecule has 5 heteroatoms. The molecule has 1 aliphatic rings. The van der Waals surface area contributed by atoms with Crippen molar-refractivity contribution in [3.63, 3.8) is 0 Å². The van der Waals surface area contributed by atoms with Gasteiger partial charge in [-0.25, -0.2) is 4.39 Å². The normalized spacial score (nSPS) is 13.9. The van der Waals surface area contributed by atoms with Crippen molar-refractivity contribution < 1.29 is 14.0 Å². The predicted octanol–water partition coefficient (Wildman–Crippen LogP) is 5.14. The number of benzene rings is 3. The lowest BCUT2D eigenvalue weighted by Gasteiger charge is -2.16. The Labute approximate surface area is 181 Å². The highest BCUT2D eigenvalue weighted by Gasteiger charge is 2.39. The fourth-order valence-electron chi connectivity index (χ4n) is 3.63. The molecule has 4 rings (SSSR count). The molecule has 1 heterocycles. The summed E-state index contributed by atoms with van der Waals surface area (Å²) in [4.78, 5) is 27.8. The summed E-state index contributed by atoms with van der Waals surface area (Å²) < 4.78 is 14.2. The Kier molecular flexibility index (Phi) is 5.42. The highest BCUT2D eigenvalue weighted by molar-refractivity contribution is 6.36. The average Bonchev–Trinajstić information content (AvgIpc) is 2.97. The summed E-state index contributed by atoms with van der Waals surface area (Å²) in [5.41, 5.74) is 5.23. The van der Waals surface area contributed by atoms with Crippen molar-refractivity contribution >= 4 is 23.1 Å². The van der Waals surface area contributed by atoms with E-state index in [0.29, 0.717) is 16.7 Å². The Morgan fingerprint density at radius 2 is 1.52 bits per heavy atom. The topological polar surface area (TPSA) is 49.4 Å². The van der Waals surface area contributed by atoms with Gasteiger partial charge in [0.05, 0.1) is 12.1 Å². The van der Waals surface area contributed by atoms with Crippen molar-refractivity contribution in [2.24, 2.45) is 0 Å². The number of nitrogens with one attached hydrogen (secondary N) is 1. The van der Waals surface area contributed by atoms with Crippen LogP contribution in [0.5, 0.6) is 0 Å². The van der Waals surface area contributed by atoms with E-state index in [1.807, 2.05) is 63.2 Å². The van der Waals surface area contributed by atoms with Crippen LogP contribution in [0.3, 0.4) is 0 Å². The van der Waals surface area contributed by atoms with E-state index in [0.717, 1.165) is 27.3 Å². The molecule has 1 N–H and O–H groups in total. The summed E-state index contributed by atoms with van der Waals surface area (Å²) in [6.45, 7) is 5.73. The summed E-state index contributed by atoms with van der Waals surface area (Å²) in [7, 11) is 0. The number of hydrogen-bond acceptors (Lipinski definition) is 3. The molecule has 0 spiro atoms. The molecule has 2 amide bonds. The van der Waals surface area contributed by atoms with Crippen LogP contribution in [0.15, 0.2) is 72.4 Å². The van der Waals surface area contributed by atoms with Crippen LogP contribution in [0.1, 0.15) is 27.8 Å². The van der Waals surface area contributed by atoms with Crippen LogP contribution in [0.4, 0.5) is 10.1 Å². The molecule has 156 valence electrons. The second-order valence-electron chi connectivity index (χ2n) is 7.85. The van der Waals surface area contributed by atoms with Gasteiger partial charge in [0.2, 0.25) is 0 Å². The molecular weight excluding hydrogens is 391 g/mol. The van der Waals surface area contributed by atoms with Crippen molar-refractivity contribution in [1.29, 1.82) is 0 Å². The summed E-state index contributed by atoms with van der Waals surface area (Å²) in [5, 5.41) is 3.20. The van der Waals surface area contributed by atoms with Crippen molar-refractivity contribution in [1.82, 2.24) is 4.90 Å². The summed E-state index contributed by atoms with van der Waals surface area (Å²) >= 11 is 0. The number of imide groups is 1. The molecular formula is C26H23FN2O2. The minimum absolute atomic E-state index is 0.127. The van der Waals surface area contributed by atoms with Crippen LogP contribution in [-0.4, -0.2) is 16.7 Å². The first-order valence-corrected chi connectivity index (χ1v) is 10.1. The van der Waals surface area contributed by atoms with Gasteiger partial charge in [0.25, 0.3) is 11.8 Å². The van der Waals surface area contributed by atoms with Crippen LogP contribution in [0.25, 0.3) is 5.57 Å². The molecule has 31 heavy (non-hydrogen) atoms. The minimum Gasteiger partial charge on any atom is -0.350 e. The Hall–Kier alpha value is -3.73. The van der Waals surface area contributed by atoms with Crippen LogP contribution in [0.2, 0.25) is 0 Å². The summed E-state index contributed by atoms with van der Waals surface area (Å²) in [6, 6.07) is 19.5. The van der Waals surface area contributed by atoms with Crippen molar-refractivity contribution in [3.8, 4) is 0 Å². The molecule has 0 saturated carbocycles. The molecule has 3 aromatic carbocycles. The number of nitrogens with zero attached hydrogens (tertiary/aromatic N) is 1. The molecule has 0 saturated heterocycles. The van der Waals surface area contributed by atoms with Crippen molar-refractivity contribution in [2.75, 3.05) is 5.32 Å². The van der Waals surface area contributed by atoms with Gasteiger partial charge in [-0.05, 0) is 49.6 Å². The van der Waals surface area contributed by atoms with Gasteiger partial charge in [-0.15, -0.1) is 0 Å². The van der Waals surface area contributed by atoms with E-state index < -0.39 is 17.6 Å². The van der Waals surface area contributed by atoms with Gasteiger partial charge < -0.3 is 5.32 Å². The standard InChI is InChI=1S/C26H23FN2O2/c1-16-9-12-19(13-10-16)23-24(28-22-14-17(2)8-11-18(22)3)26(31)29(25(23)30)15-20-6-4-5-7-21(20)27/h4-14,28H,15H2,1-3H3. The lowest BCUT2D eigenvalue weighted by atomic mass is 10.0. The first kappa shape index (κ1) is 20.5. The smallest absolute Gasteiger partial charge is 0.278 e. The van der Waals surface area contributed by atoms with Crippen LogP contribution in [0, 0.1) is 26.6 Å². The van der Waals surface area contributed by atoms with E-state index in [9.17, 15) is 14.0 Å². The zero-order chi connectivity index (χ0) is 22.1. The van der Waals surface area contributed by atoms with E-state index >= 15 is 0 Å². The Morgan fingerprint density at radius 3 is 2.23 bits per heavy atom. The first-order valence-electron chi connectivity index (χ1n) is 10.1. The summed E-state index contributed by atoms with van der Waals surface area (Å²) in [6.07, 6.45) is 0. The lowest BCUT2D eigenvalue weighted by Crippen LogP contribution is -2.32. The molecule has 3 aromatic rings. The maximum Gasteiger partial charge on any atom is 0.278 e. The van der Waals surface area contributed by atoms with E-state index in [1.165, 1.54) is 6.07 Å². The number of aryl methyl sites for hydroxylation is 3. The number of anilines is 1. The Bertz CT molecular complexity index is 1210. The predicted molar refractivity (Wildman–Crippen MR) is 120 cm³/mol. The van der Waals surface area contributed by atoms with Gasteiger partial charge in [0, 0.05) is 11.3 Å². The van der Waals surface area contributed by atoms with E-state index in [2.05, 4.69) is 5.32 Å². The highest BCUT2D eigenvalue weighted by Crippen LogP contribution is 2.32. The van der Waals surface area contributed by atoms with Crippen LogP contribution < -0.4 is 5.32 Å². The molecule has 0 unspecified atom stereocenters. The third kappa shape index (κ3) is 3.99. The van der Waals surface area contributed by atoms with E-state index in [-0.39, 0.29) is 12.2 Å².